The molecule has 0 unspecified atom stereocenters. The number of carbonyl (C=O) groups is 2. The second-order valence-electron chi connectivity index (χ2n) is 4.20. The lowest BCUT2D eigenvalue weighted by atomic mass is 10.1. The van der Waals surface area contributed by atoms with E-state index in [9.17, 15) is 14.0 Å². The number of hydrogen-bond acceptors (Lipinski definition) is 2. The summed E-state index contributed by atoms with van der Waals surface area (Å²) in [7, 11) is 1.46. The van der Waals surface area contributed by atoms with Crippen LogP contribution in [0.1, 0.15) is 20.7 Å². The van der Waals surface area contributed by atoms with Crippen molar-refractivity contribution in [3.63, 3.8) is 0 Å². The Hall–Kier alpha value is -2.69. The summed E-state index contributed by atoms with van der Waals surface area (Å²) in [6.45, 7) is 0. The van der Waals surface area contributed by atoms with Gasteiger partial charge in [-0.3, -0.25) is 4.79 Å². The van der Waals surface area contributed by atoms with Crippen LogP contribution in [0.2, 0.25) is 0 Å². The number of carboxylic acid groups (broad SMARTS) is 1. The van der Waals surface area contributed by atoms with E-state index < -0.39 is 17.7 Å². The van der Waals surface area contributed by atoms with Gasteiger partial charge in [-0.1, -0.05) is 12.1 Å². The lowest BCUT2D eigenvalue weighted by Gasteiger charge is -2.18. The number of anilines is 1. The number of amides is 1. The number of benzene rings is 2. The van der Waals surface area contributed by atoms with Crippen LogP contribution in [0.4, 0.5) is 10.1 Å². The van der Waals surface area contributed by atoms with Crippen LogP contribution in [-0.2, 0) is 0 Å². The molecule has 0 atom stereocenters. The molecule has 5 heteroatoms. The fourth-order valence-corrected chi connectivity index (χ4v) is 1.78. The van der Waals surface area contributed by atoms with Gasteiger partial charge in [-0.15, -0.1) is 0 Å². The zero-order valence-electron chi connectivity index (χ0n) is 10.7. The number of nitrogens with zero attached hydrogens (tertiary/aromatic N) is 1. The molecule has 0 aromatic heterocycles. The summed E-state index contributed by atoms with van der Waals surface area (Å²) >= 11 is 0. The molecule has 0 spiro atoms. The maximum atomic E-state index is 13.6. The van der Waals surface area contributed by atoms with E-state index in [1.54, 1.807) is 12.1 Å². The van der Waals surface area contributed by atoms with Crippen molar-refractivity contribution in [2.24, 2.45) is 0 Å². The molecule has 0 aliphatic rings. The highest BCUT2D eigenvalue weighted by Crippen LogP contribution is 2.19. The average Bonchev–Trinajstić information content (AvgIpc) is 2.46. The topological polar surface area (TPSA) is 57.6 Å². The Balaban J connectivity index is 2.27. The van der Waals surface area contributed by atoms with Gasteiger partial charge in [-0.05, 0) is 36.4 Å². The van der Waals surface area contributed by atoms with Crippen LogP contribution < -0.4 is 4.90 Å². The van der Waals surface area contributed by atoms with E-state index >= 15 is 0 Å². The first-order valence-electron chi connectivity index (χ1n) is 5.86. The Kier molecular flexibility index (Phi) is 3.79. The minimum absolute atomic E-state index is 0.0927. The van der Waals surface area contributed by atoms with Crippen LogP contribution in [0.15, 0.2) is 48.5 Å². The minimum atomic E-state index is -1.06. The maximum Gasteiger partial charge on any atom is 0.335 e. The molecule has 2 aromatic carbocycles. The van der Waals surface area contributed by atoms with Gasteiger partial charge < -0.3 is 10.0 Å². The Morgan fingerprint density at radius 1 is 1.00 bits per heavy atom. The Labute approximate surface area is 115 Å². The van der Waals surface area contributed by atoms with Crippen molar-refractivity contribution in [1.29, 1.82) is 0 Å². The zero-order valence-corrected chi connectivity index (χ0v) is 10.7. The lowest BCUT2D eigenvalue weighted by molar-refractivity contribution is 0.0696. The highest BCUT2D eigenvalue weighted by atomic mass is 19.1. The number of para-hydroxylation sites is 1. The van der Waals surface area contributed by atoms with Crippen molar-refractivity contribution >= 4 is 17.6 Å². The molecule has 1 N–H and O–H groups in total. The minimum Gasteiger partial charge on any atom is -0.478 e. The van der Waals surface area contributed by atoms with Gasteiger partial charge in [0.25, 0.3) is 5.91 Å². The van der Waals surface area contributed by atoms with Gasteiger partial charge in [0.2, 0.25) is 0 Å². The van der Waals surface area contributed by atoms with Crippen LogP contribution in [0.25, 0.3) is 0 Å². The van der Waals surface area contributed by atoms with Gasteiger partial charge in [-0.2, -0.15) is 0 Å². The van der Waals surface area contributed by atoms with Crippen molar-refractivity contribution < 1.29 is 19.1 Å². The van der Waals surface area contributed by atoms with Crippen LogP contribution >= 0.6 is 0 Å². The second-order valence-corrected chi connectivity index (χ2v) is 4.20. The summed E-state index contributed by atoms with van der Waals surface area (Å²) in [5, 5.41) is 8.79. The van der Waals surface area contributed by atoms with E-state index in [-0.39, 0.29) is 11.3 Å². The molecular weight excluding hydrogens is 261 g/mol. The standard InChI is InChI=1S/C15H12FNO3/c1-17(13-5-3-2-4-12(13)16)14(18)10-6-8-11(9-7-10)15(19)20/h2-9H,1H3,(H,19,20). The normalized spacial score (nSPS) is 10.1. The zero-order chi connectivity index (χ0) is 14.7. The quantitative estimate of drug-likeness (QED) is 0.935. The summed E-state index contributed by atoms with van der Waals surface area (Å²) in [5.41, 5.74) is 0.552. The van der Waals surface area contributed by atoms with Crippen molar-refractivity contribution in [3.8, 4) is 0 Å². The van der Waals surface area contributed by atoms with E-state index in [0.717, 1.165) is 0 Å². The summed E-state index contributed by atoms with van der Waals surface area (Å²) < 4.78 is 13.6. The van der Waals surface area contributed by atoms with Gasteiger partial charge in [0, 0.05) is 12.6 Å². The Bertz CT molecular complexity index is 652. The SMILES string of the molecule is CN(C(=O)c1ccc(C(=O)O)cc1)c1ccccc1F. The van der Waals surface area contributed by atoms with E-state index in [0.29, 0.717) is 5.56 Å². The van der Waals surface area contributed by atoms with Gasteiger partial charge in [0.15, 0.2) is 0 Å². The van der Waals surface area contributed by atoms with E-state index in [2.05, 4.69) is 0 Å². The molecule has 102 valence electrons. The van der Waals surface area contributed by atoms with Crippen LogP contribution in [0.3, 0.4) is 0 Å². The predicted octanol–water partition coefficient (Wildman–Crippen LogP) is 2.80. The third-order valence-electron chi connectivity index (χ3n) is 2.90. The van der Waals surface area contributed by atoms with E-state index in [1.165, 1.54) is 48.3 Å². The Morgan fingerprint density at radius 3 is 2.10 bits per heavy atom. The first-order chi connectivity index (χ1) is 9.50. The molecular formula is C15H12FNO3. The van der Waals surface area contributed by atoms with E-state index in [1.807, 2.05) is 0 Å². The number of aromatic carboxylic acids is 1. The van der Waals surface area contributed by atoms with Gasteiger partial charge in [-0.25, -0.2) is 9.18 Å². The van der Waals surface area contributed by atoms with Crippen LogP contribution in [0, 0.1) is 5.82 Å². The van der Waals surface area contributed by atoms with Gasteiger partial charge >= 0.3 is 5.97 Å². The summed E-state index contributed by atoms with van der Waals surface area (Å²) in [4.78, 5) is 24.1. The summed E-state index contributed by atoms with van der Waals surface area (Å²) in [5.74, 6) is -1.97. The number of carbonyl (C=O) groups excluding carboxylic acids is 1. The first-order valence-corrected chi connectivity index (χ1v) is 5.86. The molecule has 0 radical (unpaired) electrons. The molecule has 0 heterocycles. The second kappa shape index (κ2) is 5.52. The molecule has 0 fully saturated rings. The average molecular weight is 273 g/mol. The molecule has 20 heavy (non-hydrogen) atoms. The molecule has 2 rings (SSSR count). The predicted molar refractivity (Wildman–Crippen MR) is 72.5 cm³/mol. The largest absolute Gasteiger partial charge is 0.478 e. The van der Waals surface area contributed by atoms with Gasteiger partial charge in [0.05, 0.1) is 11.3 Å². The number of carboxylic acids is 1. The smallest absolute Gasteiger partial charge is 0.335 e. The first kappa shape index (κ1) is 13.7. The van der Waals surface area contributed by atoms with Gasteiger partial charge in [0.1, 0.15) is 5.82 Å². The highest BCUT2D eigenvalue weighted by molar-refractivity contribution is 6.06. The third-order valence-corrected chi connectivity index (χ3v) is 2.90. The third kappa shape index (κ3) is 2.66. The maximum absolute atomic E-state index is 13.6. The number of rotatable bonds is 3. The molecule has 2 aromatic rings. The summed E-state index contributed by atoms with van der Waals surface area (Å²) in [6, 6.07) is 11.4. The van der Waals surface area contributed by atoms with Crippen molar-refractivity contribution in [2.75, 3.05) is 11.9 Å². The number of halogens is 1. The molecule has 0 saturated heterocycles. The molecule has 0 bridgehead atoms. The van der Waals surface area contributed by atoms with Crippen molar-refractivity contribution in [2.45, 2.75) is 0 Å². The fourth-order valence-electron chi connectivity index (χ4n) is 1.78. The molecule has 0 saturated carbocycles. The number of hydrogen-bond donors (Lipinski definition) is 1. The molecule has 0 aliphatic heterocycles. The molecule has 0 aliphatic carbocycles. The Morgan fingerprint density at radius 2 is 1.55 bits per heavy atom. The van der Waals surface area contributed by atoms with Crippen LogP contribution in [-0.4, -0.2) is 24.0 Å². The van der Waals surface area contributed by atoms with Crippen LogP contribution in [0.5, 0.6) is 0 Å². The van der Waals surface area contributed by atoms with Crippen molar-refractivity contribution in [3.05, 3.63) is 65.5 Å². The fraction of sp³-hybridized carbons (Fsp3) is 0.0667. The monoisotopic (exact) mass is 273 g/mol. The van der Waals surface area contributed by atoms with Crippen molar-refractivity contribution in [1.82, 2.24) is 0 Å². The highest BCUT2D eigenvalue weighted by Gasteiger charge is 2.16. The molecule has 4 nitrogen and oxygen atoms in total. The molecule has 1 amide bonds. The van der Waals surface area contributed by atoms with E-state index in [4.69, 9.17) is 5.11 Å². The summed E-state index contributed by atoms with van der Waals surface area (Å²) in [6.07, 6.45) is 0. The lowest BCUT2D eigenvalue weighted by Crippen LogP contribution is -2.27.